The molecule has 0 spiro atoms. The summed E-state index contributed by atoms with van der Waals surface area (Å²) in [7, 11) is 4.03. The van der Waals surface area contributed by atoms with Gasteiger partial charge in [0, 0.05) is 38.0 Å². The number of hydrogen-bond acceptors (Lipinski definition) is 3. The summed E-state index contributed by atoms with van der Waals surface area (Å²) in [6.45, 7) is 3.22. The van der Waals surface area contributed by atoms with Gasteiger partial charge in [-0.05, 0) is 24.2 Å². The summed E-state index contributed by atoms with van der Waals surface area (Å²) in [5.41, 5.74) is 5.31. The molecule has 0 saturated carbocycles. The highest BCUT2D eigenvalue weighted by Gasteiger charge is 2.35. The Bertz CT molecular complexity index is 685. The maximum Gasteiger partial charge on any atom is 0.109 e. The molecule has 0 aromatic heterocycles. The number of nitrogens with zero attached hydrogens (tertiary/aromatic N) is 2. The van der Waals surface area contributed by atoms with Crippen LogP contribution in [0.2, 0.25) is 0 Å². The Morgan fingerprint density at radius 2 is 1.59 bits per heavy atom. The van der Waals surface area contributed by atoms with E-state index in [2.05, 4.69) is 65.4 Å². The van der Waals surface area contributed by atoms with Gasteiger partial charge < -0.3 is 14.5 Å². The minimum atomic E-state index is 0.0170. The second-order valence-electron chi connectivity index (χ2n) is 6.27. The van der Waals surface area contributed by atoms with Crippen LogP contribution in [0.4, 0.5) is 5.69 Å². The number of piperazine rings is 1. The van der Waals surface area contributed by atoms with Gasteiger partial charge in [0.2, 0.25) is 0 Å². The molecule has 1 fully saturated rings. The monoisotopic (exact) mass is 294 g/mol. The highest BCUT2D eigenvalue weighted by molar-refractivity contribution is 5.62. The van der Waals surface area contributed by atoms with Gasteiger partial charge in [-0.2, -0.15) is 0 Å². The first-order chi connectivity index (χ1) is 10.8. The van der Waals surface area contributed by atoms with Gasteiger partial charge >= 0.3 is 0 Å². The van der Waals surface area contributed by atoms with Gasteiger partial charge in [-0.25, -0.2) is 0 Å². The largest absolute Gasteiger partial charge is 0.372 e. The summed E-state index contributed by atoms with van der Waals surface area (Å²) in [6, 6.07) is 17.9. The van der Waals surface area contributed by atoms with Crippen LogP contribution >= 0.6 is 0 Å². The van der Waals surface area contributed by atoms with Crippen LogP contribution in [-0.4, -0.2) is 38.7 Å². The number of methoxy groups -OCH3 is 1. The van der Waals surface area contributed by atoms with Crippen LogP contribution in [0.1, 0.15) is 28.8 Å². The van der Waals surface area contributed by atoms with Crippen molar-refractivity contribution < 1.29 is 4.74 Å². The molecule has 2 aliphatic heterocycles. The lowest BCUT2D eigenvalue weighted by Crippen LogP contribution is -2.46. The molecule has 114 valence electrons. The lowest BCUT2D eigenvalue weighted by atomic mass is 9.94. The molecule has 2 atom stereocenters. The summed E-state index contributed by atoms with van der Waals surface area (Å²) >= 11 is 0. The van der Waals surface area contributed by atoms with Crippen LogP contribution in [0.15, 0.2) is 48.5 Å². The molecule has 0 amide bonds. The molecule has 0 unspecified atom stereocenters. The zero-order valence-electron chi connectivity index (χ0n) is 13.2. The first kappa shape index (κ1) is 13.8. The van der Waals surface area contributed by atoms with E-state index in [1.165, 1.54) is 22.4 Å². The fourth-order valence-electron chi connectivity index (χ4n) is 3.92. The van der Waals surface area contributed by atoms with Crippen molar-refractivity contribution in [1.29, 1.82) is 0 Å². The number of likely N-dealkylation sites (N-methyl/N-ethyl adjacent to an activating group) is 1. The van der Waals surface area contributed by atoms with Crippen LogP contribution in [0.25, 0.3) is 0 Å². The Kier molecular flexibility index (Phi) is 3.40. The van der Waals surface area contributed by atoms with Crippen LogP contribution < -0.4 is 4.90 Å². The summed E-state index contributed by atoms with van der Waals surface area (Å²) in [4.78, 5) is 4.99. The quantitative estimate of drug-likeness (QED) is 0.803. The van der Waals surface area contributed by atoms with Crippen LogP contribution in [0.5, 0.6) is 0 Å². The first-order valence-corrected chi connectivity index (χ1v) is 7.95. The number of ether oxygens (including phenoxy) is 1. The Hall–Kier alpha value is -1.84. The molecule has 22 heavy (non-hydrogen) atoms. The number of rotatable bonds is 1. The standard InChI is InChI=1S/C19H22N2O/c1-20-11-12-21-17-10-6-5-9-16(17)19(22-2)15-8-4-3-7-14(15)18(21)13-20/h3-10,18-19H,11-13H2,1-2H3/t18-,19-/m0/s1. The molecule has 4 rings (SSSR count). The maximum absolute atomic E-state index is 5.92. The molecule has 3 nitrogen and oxygen atoms in total. The third-order valence-electron chi connectivity index (χ3n) is 4.99. The number of anilines is 1. The van der Waals surface area contributed by atoms with Crippen molar-refractivity contribution in [2.75, 3.05) is 38.7 Å². The Balaban J connectivity index is 1.96. The van der Waals surface area contributed by atoms with E-state index in [9.17, 15) is 0 Å². The average molecular weight is 294 g/mol. The lowest BCUT2D eigenvalue weighted by Gasteiger charge is -2.41. The van der Waals surface area contributed by atoms with Crippen LogP contribution in [0, 0.1) is 0 Å². The predicted octanol–water partition coefficient (Wildman–Crippen LogP) is 3.23. The highest BCUT2D eigenvalue weighted by atomic mass is 16.5. The minimum Gasteiger partial charge on any atom is -0.372 e. The number of benzene rings is 2. The van der Waals surface area contributed by atoms with E-state index in [0.717, 1.165) is 19.6 Å². The van der Waals surface area contributed by atoms with Crippen molar-refractivity contribution in [3.63, 3.8) is 0 Å². The number of para-hydroxylation sites is 1. The van der Waals surface area contributed by atoms with E-state index < -0.39 is 0 Å². The van der Waals surface area contributed by atoms with Crippen LogP contribution in [0.3, 0.4) is 0 Å². The van der Waals surface area contributed by atoms with Crippen molar-refractivity contribution in [3.05, 3.63) is 65.2 Å². The Labute approximate surface area is 132 Å². The van der Waals surface area contributed by atoms with Gasteiger partial charge in [0.1, 0.15) is 6.10 Å². The topological polar surface area (TPSA) is 15.7 Å². The van der Waals surface area contributed by atoms with Gasteiger partial charge in [-0.15, -0.1) is 0 Å². The van der Waals surface area contributed by atoms with E-state index in [0.29, 0.717) is 6.04 Å². The minimum absolute atomic E-state index is 0.0170. The maximum atomic E-state index is 5.92. The molecule has 0 N–H and O–H groups in total. The molecule has 2 aromatic rings. The molecule has 2 aliphatic rings. The van der Waals surface area contributed by atoms with Crippen molar-refractivity contribution in [3.8, 4) is 0 Å². The molecule has 3 heteroatoms. The molecule has 0 radical (unpaired) electrons. The SMILES string of the molecule is CO[C@H]1c2ccccc2[C@@H]2CN(C)CCN2c2ccccc21. The van der Waals surface area contributed by atoms with Crippen molar-refractivity contribution in [1.82, 2.24) is 4.90 Å². The van der Waals surface area contributed by atoms with Gasteiger partial charge in [-0.3, -0.25) is 0 Å². The fraction of sp³-hybridized carbons (Fsp3) is 0.368. The van der Waals surface area contributed by atoms with Crippen molar-refractivity contribution >= 4 is 5.69 Å². The van der Waals surface area contributed by atoms with Gasteiger partial charge in [0.15, 0.2) is 0 Å². The molecular weight excluding hydrogens is 272 g/mol. The highest BCUT2D eigenvalue weighted by Crippen LogP contribution is 2.44. The molecule has 0 aliphatic carbocycles. The Morgan fingerprint density at radius 1 is 0.909 bits per heavy atom. The lowest BCUT2D eigenvalue weighted by molar-refractivity contribution is 0.136. The smallest absolute Gasteiger partial charge is 0.109 e. The molecule has 1 saturated heterocycles. The van der Waals surface area contributed by atoms with E-state index in [1.54, 1.807) is 0 Å². The zero-order chi connectivity index (χ0) is 15.1. The Morgan fingerprint density at radius 3 is 2.36 bits per heavy atom. The normalized spacial score (nSPS) is 24.2. The van der Waals surface area contributed by atoms with E-state index in [4.69, 9.17) is 4.74 Å². The van der Waals surface area contributed by atoms with E-state index >= 15 is 0 Å². The fourth-order valence-corrected chi connectivity index (χ4v) is 3.92. The molecule has 2 aromatic carbocycles. The van der Waals surface area contributed by atoms with E-state index in [-0.39, 0.29) is 6.10 Å². The van der Waals surface area contributed by atoms with Gasteiger partial charge in [-0.1, -0.05) is 42.5 Å². The zero-order valence-corrected chi connectivity index (χ0v) is 13.2. The van der Waals surface area contributed by atoms with Crippen LogP contribution in [-0.2, 0) is 4.74 Å². The summed E-state index contributed by atoms with van der Waals surface area (Å²) in [5, 5.41) is 0. The van der Waals surface area contributed by atoms with E-state index in [1.807, 2.05) is 7.11 Å². The number of fused-ring (bicyclic) bond motifs is 5. The third-order valence-corrected chi connectivity index (χ3v) is 4.99. The average Bonchev–Trinajstić information content (AvgIpc) is 2.67. The molecule has 0 bridgehead atoms. The first-order valence-electron chi connectivity index (χ1n) is 7.95. The van der Waals surface area contributed by atoms with Crippen molar-refractivity contribution in [2.24, 2.45) is 0 Å². The summed E-state index contributed by atoms with van der Waals surface area (Å²) in [5.74, 6) is 0. The van der Waals surface area contributed by atoms with Gasteiger partial charge in [0.25, 0.3) is 0 Å². The predicted molar refractivity (Wildman–Crippen MR) is 89.3 cm³/mol. The van der Waals surface area contributed by atoms with Gasteiger partial charge in [0.05, 0.1) is 6.04 Å². The third kappa shape index (κ3) is 2.04. The molecule has 2 heterocycles. The summed E-state index contributed by atoms with van der Waals surface area (Å²) in [6.07, 6.45) is 0.0170. The summed E-state index contributed by atoms with van der Waals surface area (Å²) < 4.78 is 5.92. The number of hydrogen-bond donors (Lipinski definition) is 0. The second-order valence-corrected chi connectivity index (χ2v) is 6.27. The molecular formula is C19H22N2O. The van der Waals surface area contributed by atoms with Crippen molar-refractivity contribution in [2.45, 2.75) is 12.1 Å². The second kappa shape index (κ2) is 5.41.